The van der Waals surface area contributed by atoms with Gasteiger partial charge in [-0.05, 0) is 68.3 Å². The largest absolute Gasteiger partial charge is 0.481 e. The first kappa shape index (κ1) is 21.1. The molecule has 2 amide bonds. The number of rotatable bonds is 7. The molecule has 3 aromatic carbocycles. The molecule has 154 valence electrons. The number of aryl methyl sites for hydroxylation is 2. The summed E-state index contributed by atoms with van der Waals surface area (Å²) < 4.78 is 5.84. The molecule has 30 heavy (non-hydrogen) atoms. The molecule has 5 heteroatoms. The molecule has 0 saturated heterocycles. The third kappa shape index (κ3) is 5.47. The van der Waals surface area contributed by atoms with Crippen LogP contribution in [0.1, 0.15) is 34.8 Å². The first-order valence-electron chi connectivity index (χ1n) is 9.97. The Morgan fingerprint density at radius 2 is 1.60 bits per heavy atom. The Balaban J connectivity index is 1.64. The summed E-state index contributed by atoms with van der Waals surface area (Å²) in [5.74, 6) is 0.282. The number of amides is 2. The van der Waals surface area contributed by atoms with Gasteiger partial charge in [0.1, 0.15) is 5.75 Å². The summed E-state index contributed by atoms with van der Waals surface area (Å²) in [5, 5.41) is 5.80. The van der Waals surface area contributed by atoms with Gasteiger partial charge in [-0.1, -0.05) is 42.8 Å². The minimum absolute atomic E-state index is 0.173. The molecule has 1 unspecified atom stereocenters. The standard InChI is InChI=1S/C25H26N2O3/c1-4-23(30-21-13-10-17(2)11-14-21)25(29)26-20-12-15-22(18(3)16-20)27-24(28)19-8-6-5-7-9-19/h5-16,23H,4H2,1-3H3,(H,26,29)(H,27,28). The van der Waals surface area contributed by atoms with Gasteiger partial charge in [-0.15, -0.1) is 0 Å². The fraction of sp³-hybridized carbons (Fsp3) is 0.200. The first-order valence-corrected chi connectivity index (χ1v) is 9.97. The molecule has 0 aliphatic carbocycles. The van der Waals surface area contributed by atoms with E-state index in [1.54, 1.807) is 24.3 Å². The van der Waals surface area contributed by atoms with Crippen LogP contribution in [0.25, 0.3) is 0 Å². The minimum Gasteiger partial charge on any atom is -0.481 e. The monoisotopic (exact) mass is 402 g/mol. The molecule has 0 heterocycles. The van der Waals surface area contributed by atoms with Gasteiger partial charge in [0.15, 0.2) is 6.10 Å². The van der Waals surface area contributed by atoms with Crippen molar-refractivity contribution in [2.24, 2.45) is 0 Å². The fourth-order valence-electron chi connectivity index (χ4n) is 2.99. The number of ether oxygens (including phenoxy) is 1. The van der Waals surface area contributed by atoms with Crippen LogP contribution >= 0.6 is 0 Å². The molecule has 2 N–H and O–H groups in total. The molecule has 1 atom stereocenters. The predicted molar refractivity (Wildman–Crippen MR) is 120 cm³/mol. The molecule has 0 saturated carbocycles. The van der Waals surface area contributed by atoms with Gasteiger partial charge in [-0.2, -0.15) is 0 Å². The molecule has 0 spiro atoms. The molecule has 5 nitrogen and oxygen atoms in total. The second-order valence-corrected chi connectivity index (χ2v) is 7.17. The molecule has 3 rings (SSSR count). The van der Waals surface area contributed by atoms with Crippen molar-refractivity contribution in [3.63, 3.8) is 0 Å². The zero-order chi connectivity index (χ0) is 21.5. The Labute approximate surface area is 177 Å². The zero-order valence-electron chi connectivity index (χ0n) is 17.4. The van der Waals surface area contributed by atoms with Crippen molar-refractivity contribution >= 4 is 23.2 Å². The predicted octanol–water partition coefficient (Wildman–Crippen LogP) is 5.35. The summed E-state index contributed by atoms with van der Waals surface area (Å²) in [6.45, 7) is 5.80. The van der Waals surface area contributed by atoms with Gasteiger partial charge in [0.25, 0.3) is 11.8 Å². The van der Waals surface area contributed by atoms with Crippen LogP contribution in [-0.4, -0.2) is 17.9 Å². The smallest absolute Gasteiger partial charge is 0.265 e. The minimum atomic E-state index is -0.592. The van der Waals surface area contributed by atoms with E-state index in [9.17, 15) is 9.59 Å². The molecule has 0 aliphatic rings. The van der Waals surface area contributed by atoms with E-state index in [2.05, 4.69) is 10.6 Å². The highest BCUT2D eigenvalue weighted by atomic mass is 16.5. The highest BCUT2D eigenvalue weighted by molar-refractivity contribution is 6.04. The molecule has 0 aliphatic heterocycles. The zero-order valence-corrected chi connectivity index (χ0v) is 17.4. The van der Waals surface area contributed by atoms with Crippen molar-refractivity contribution in [1.29, 1.82) is 0 Å². The first-order chi connectivity index (χ1) is 14.5. The second-order valence-electron chi connectivity index (χ2n) is 7.17. The summed E-state index contributed by atoms with van der Waals surface area (Å²) in [5.41, 5.74) is 3.93. The van der Waals surface area contributed by atoms with Crippen LogP contribution in [-0.2, 0) is 4.79 Å². The molecule has 0 bridgehead atoms. The number of hydrogen-bond acceptors (Lipinski definition) is 3. The van der Waals surface area contributed by atoms with Crippen molar-refractivity contribution in [3.05, 3.63) is 89.5 Å². The summed E-state index contributed by atoms with van der Waals surface area (Å²) in [7, 11) is 0. The Morgan fingerprint density at radius 3 is 2.23 bits per heavy atom. The molecule has 0 radical (unpaired) electrons. The van der Waals surface area contributed by atoms with Crippen LogP contribution < -0.4 is 15.4 Å². The third-order valence-corrected chi connectivity index (χ3v) is 4.74. The lowest BCUT2D eigenvalue weighted by Crippen LogP contribution is -2.32. The Morgan fingerprint density at radius 1 is 0.900 bits per heavy atom. The van der Waals surface area contributed by atoms with Crippen LogP contribution in [0.3, 0.4) is 0 Å². The summed E-state index contributed by atoms with van der Waals surface area (Å²) >= 11 is 0. The molecule has 0 aromatic heterocycles. The van der Waals surface area contributed by atoms with E-state index in [4.69, 9.17) is 4.74 Å². The van der Waals surface area contributed by atoms with Gasteiger partial charge in [-0.3, -0.25) is 9.59 Å². The van der Waals surface area contributed by atoms with Crippen LogP contribution in [0, 0.1) is 13.8 Å². The maximum absolute atomic E-state index is 12.7. The lowest BCUT2D eigenvalue weighted by atomic mass is 10.1. The molecule has 0 fully saturated rings. The van der Waals surface area contributed by atoms with E-state index in [-0.39, 0.29) is 11.8 Å². The van der Waals surface area contributed by atoms with Crippen molar-refractivity contribution in [1.82, 2.24) is 0 Å². The Hall–Kier alpha value is -3.60. The highest BCUT2D eigenvalue weighted by Crippen LogP contribution is 2.22. The van der Waals surface area contributed by atoms with Crippen molar-refractivity contribution in [2.75, 3.05) is 10.6 Å². The van der Waals surface area contributed by atoms with Gasteiger partial charge >= 0.3 is 0 Å². The molecule has 3 aromatic rings. The van der Waals surface area contributed by atoms with Crippen LogP contribution in [0.5, 0.6) is 5.75 Å². The topological polar surface area (TPSA) is 67.4 Å². The summed E-state index contributed by atoms with van der Waals surface area (Å²) in [6.07, 6.45) is -0.0466. The summed E-state index contributed by atoms with van der Waals surface area (Å²) in [4.78, 5) is 25.0. The highest BCUT2D eigenvalue weighted by Gasteiger charge is 2.19. The fourth-order valence-corrected chi connectivity index (χ4v) is 2.99. The quantitative estimate of drug-likeness (QED) is 0.560. The lowest BCUT2D eigenvalue weighted by molar-refractivity contribution is -0.122. The number of benzene rings is 3. The van der Waals surface area contributed by atoms with Crippen molar-refractivity contribution < 1.29 is 14.3 Å². The lowest BCUT2D eigenvalue weighted by Gasteiger charge is -2.18. The normalized spacial score (nSPS) is 11.4. The van der Waals surface area contributed by atoms with Crippen molar-refractivity contribution in [3.8, 4) is 5.75 Å². The second kappa shape index (κ2) is 9.74. The van der Waals surface area contributed by atoms with E-state index < -0.39 is 6.10 Å². The van der Waals surface area contributed by atoms with Crippen molar-refractivity contribution in [2.45, 2.75) is 33.3 Å². The van der Waals surface area contributed by atoms with Crippen LogP contribution in [0.2, 0.25) is 0 Å². The van der Waals surface area contributed by atoms with Gasteiger partial charge < -0.3 is 15.4 Å². The Kier molecular flexibility index (Phi) is 6.86. The number of carbonyl (C=O) groups excluding carboxylic acids is 2. The van der Waals surface area contributed by atoms with Gasteiger partial charge in [0.2, 0.25) is 0 Å². The van der Waals surface area contributed by atoms with Gasteiger partial charge in [0.05, 0.1) is 0 Å². The average molecular weight is 402 g/mol. The van der Waals surface area contributed by atoms with Crippen LogP contribution in [0.4, 0.5) is 11.4 Å². The van der Waals surface area contributed by atoms with E-state index in [0.717, 1.165) is 11.1 Å². The third-order valence-electron chi connectivity index (χ3n) is 4.74. The number of anilines is 2. The van der Waals surface area contributed by atoms with Gasteiger partial charge in [-0.25, -0.2) is 0 Å². The number of carbonyl (C=O) groups is 2. The average Bonchev–Trinajstić information content (AvgIpc) is 2.75. The summed E-state index contributed by atoms with van der Waals surface area (Å²) in [6, 6.07) is 22.0. The Bertz CT molecular complexity index is 1010. The maximum Gasteiger partial charge on any atom is 0.265 e. The van der Waals surface area contributed by atoms with E-state index in [1.807, 2.05) is 69.3 Å². The van der Waals surface area contributed by atoms with Gasteiger partial charge in [0, 0.05) is 16.9 Å². The van der Waals surface area contributed by atoms with Crippen LogP contribution in [0.15, 0.2) is 72.8 Å². The van der Waals surface area contributed by atoms with E-state index >= 15 is 0 Å². The number of hydrogen-bond donors (Lipinski definition) is 2. The van der Waals surface area contributed by atoms with E-state index in [0.29, 0.717) is 29.1 Å². The molecular formula is C25H26N2O3. The van der Waals surface area contributed by atoms with E-state index in [1.165, 1.54) is 0 Å². The molecular weight excluding hydrogens is 376 g/mol. The SMILES string of the molecule is CCC(Oc1ccc(C)cc1)C(=O)Nc1ccc(NC(=O)c2ccccc2)c(C)c1. The maximum atomic E-state index is 12.7. The number of nitrogens with one attached hydrogen (secondary N) is 2.